The standard InChI is InChI=1S/C15H18F3NO/c16-15(17,18)10-3-2-8-19(9-10)13-7-6-12-11(13)4-1-5-14(12)20/h1,4-5,10,13,20H,2-3,6-9H2. The summed E-state index contributed by atoms with van der Waals surface area (Å²) in [5.74, 6) is -0.938. The third kappa shape index (κ3) is 2.39. The lowest BCUT2D eigenvalue weighted by Gasteiger charge is -2.37. The Bertz CT molecular complexity index is 500. The van der Waals surface area contributed by atoms with Gasteiger partial charge in [0, 0.05) is 12.6 Å². The van der Waals surface area contributed by atoms with Gasteiger partial charge >= 0.3 is 6.18 Å². The maximum Gasteiger partial charge on any atom is 0.393 e. The van der Waals surface area contributed by atoms with Crippen molar-refractivity contribution in [2.45, 2.75) is 37.9 Å². The van der Waals surface area contributed by atoms with Gasteiger partial charge in [-0.05, 0) is 49.4 Å². The molecule has 0 radical (unpaired) electrons. The number of hydrogen-bond acceptors (Lipinski definition) is 2. The Morgan fingerprint density at radius 2 is 2.00 bits per heavy atom. The molecular weight excluding hydrogens is 267 g/mol. The summed E-state index contributed by atoms with van der Waals surface area (Å²) in [4.78, 5) is 1.95. The molecule has 0 saturated carbocycles. The molecule has 2 atom stereocenters. The van der Waals surface area contributed by atoms with Crippen LogP contribution < -0.4 is 0 Å². The average molecular weight is 285 g/mol. The van der Waals surface area contributed by atoms with E-state index in [4.69, 9.17) is 0 Å². The predicted molar refractivity (Wildman–Crippen MR) is 69.5 cm³/mol. The van der Waals surface area contributed by atoms with Crippen molar-refractivity contribution in [3.8, 4) is 5.75 Å². The maximum atomic E-state index is 12.9. The predicted octanol–water partition coefficient (Wildman–Crippen LogP) is 3.65. The van der Waals surface area contributed by atoms with Gasteiger partial charge in [0.25, 0.3) is 0 Å². The van der Waals surface area contributed by atoms with Crippen LogP contribution >= 0.6 is 0 Å². The number of benzene rings is 1. The number of phenols is 1. The average Bonchev–Trinajstić information content (AvgIpc) is 2.83. The van der Waals surface area contributed by atoms with E-state index in [1.54, 1.807) is 12.1 Å². The van der Waals surface area contributed by atoms with Gasteiger partial charge in [-0.3, -0.25) is 4.90 Å². The fourth-order valence-electron chi connectivity index (χ4n) is 3.55. The highest BCUT2D eigenvalue weighted by atomic mass is 19.4. The lowest BCUT2D eigenvalue weighted by atomic mass is 9.95. The molecule has 0 aromatic heterocycles. The number of phenolic OH excluding ortho intramolecular Hbond substituents is 1. The Morgan fingerprint density at radius 1 is 1.20 bits per heavy atom. The van der Waals surface area contributed by atoms with Gasteiger partial charge < -0.3 is 5.11 Å². The number of piperidine rings is 1. The SMILES string of the molecule is Oc1cccc2c1CCC2N1CCCC(C(F)(F)F)C1. The number of aromatic hydroxyl groups is 1. The first-order valence-electron chi connectivity index (χ1n) is 7.08. The highest BCUT2D eigenvalue weighted by molar-refractivity contribution is 5.44. The highest BCUT2D eigenvalue weighted by Crippen LogP contribution is 2.43. The van der Waals surface area contributed by atoms with Gasteiger partial charge in [0.05, 0.1) is 5.92 Å². The van der Waals surface area contributed by atoms with Crippen molar-refractivity contribution in [2.75, 3.05) is 13.1 Å². The van der Waals surface area contributed by atoms with Crippen LogP contribution in [0.5, 0.6) is 5.75 Å². The molecule has 1 fully saturated rings. The highest BCUT2D eigenvalue weighted by Gasteiger charge is 2.43. The first-order chi connectivity index (χ1) is 9.47. The molecule has 0 amide bonds. The quantitative estimate of drug-likeness (QED) is 0.851. The summed E-state index contributed by atoms with van der Waals surface area (Å²) < 4.78 is 38.7. The van der Waals surface area contributed by atoms with Crippen LogP contribution in [0.15, 0.2) is 18.2 Å². The van der Waals surface area contributed by atoms with Crippen molar-refractivity contribution in [2.24, 2.45) is 5.92 Å². The number of rotatable bonds is 1. The molecule has 1 aromatic carbocycles. The Morgan fingerprint density at radius 3 is 2.75 bits per heavy atom. The zero-order valence-electron chi connectivity index (χ0n) is 11.2. The molecule has 2 unspecified atom stereocenters. The van der Waals surface area contributed by atoms with Gasteiger partial charge in [0.15, 0.2) is 0 Å². The van der Waals surface area contributed by atoms with E-state index in [1.807, 2.05) is 11.0 Å². The van der Waals surface area contributed by atoms with Crippen molar-refractivity contribution < 1.29 is 18.3 Å². The molecule has 0 spiro atoms. The van der Waals surface area contributed by atoms with Crippen LogP contribution in [0.1, 0.15) is 36.4 Å². The van der Waals surface area contributed by atoms with Crippen LogP contribution in [0.25, 0.3) is 0 Å². The van der Waals surface area contributed by atoms with E-state index >= 15 is 0 Å². The summed E-state index contributed by atoms with van der Waals surface area (Å²) in [5.41, 5.74) is 1.92. The van der Waals surface area contributed by atoms with Crippen molar-refractivity contribution in [1.29, 1.82) is 0 Å². The Balaban J connectivity index is 1.80. The molecule has 0 bridgehead atoms. The lowest BCUT2D eigenvalue weighted by Crippen LogP contribution is -2.42. The largest absolute Gasteiger partial charge is 0.508 e. The van der Waals surface area contributed by atoms with Gasteiger partial charge in [-0.15, -0.1) is 0 Å². The summed E-state index contributed by atoms with van der Waals surface area (Å²) in [6.45, 7) is 0.801. The van der Waals surface area contributed by atoms with Crippen molar-refractivity contribution >= 4 is 0 Å². The second-order valence-electron chi connectivity index (χ2n) is 5.78. The smallest absolute Gasteiger partial charge is 0.393 e. The van der Waals surface area contributed by atoms with E-state index in [-0.39, 0.29) is 24.8 Å². The molecule has 1 aliphatic carbocycles. The monoisotopic (exact) mass is 285 g/mol. The number of likely N-dealkylation sites (tertiary alicyclic amines) is 1. The van der Waals surface area contributed by atoms with E-state index in [0.29, 0.717) is 13.0 Å². The Labute approximate surface area is 116 Å². The minimum absolute atomic E-state index is 0.0299. The van der Waals surface area contributed by atoms with Crippen LogP contribution in [0.2, 0.25) is 0 Å². The van der Waals surface area contributed by atoms with E-state index in [2.05, 4.69) is 0 Å². The summed E-state index contributed by atoms with van der Waals surface area (Å²) in [6.07, 6.45) is -1.72. The topological polar surface area (TPSA) is 23.5 Å². The maximum absolute atomic E-state index is 12.9. The Hall–Kier alpha value is -1.23. The van der Waals surface area contributed by atoms with E-state index < -0.39 is 12.1 Å². The first-order valence-corrected chi connectivity index (χ1v) is 7.08. The molecule has 20 heavy (non-hydrogen) atoms. The zero-order valence-corrected chi connectivity index (χ0v) is 11.2. The van der Waals surface area contributed by atoms with Crippen LogP contribution in [0.4, 0.5) is 13.2 Å². The molecule has 1 aromatic rings. The molecule has 1 aliphatic heterocycles. The van der Waals surface area contributed by atoms with Gasteiger partial charge in [-0.2, -0.15) is 13.2 Å². The fourth-order valence-corrected chi connectivity index (χ4v) is 3.55. The van der Waals surface area contributed by atoms with Crippen LogP contribution in [0, 0.1) is 5.92 Å². The molecule has 5 heteroatoms. The van der Waals surface area contributed by atoms with Gasteiger partial charge in [-0.1, -0.05) is 12.1 Å². The van der Waals surface area contributed by atoms with Crippen LogP contribution in [-0.4, -0.2) is 29.3 Å². The normalized spacial score (nSPS) is 27.6. The third-order valence-corrected chi connectivity index (χ3v) is 4.57. The van der Waals surface area contributed by atoms with Gasteiger partial charge in [0.1, 0.15) is 5.75 Å². The minimum Gasteiger partial charge on any atom is -0.508 e. The molecule has 1 N–H and O–H groups in total. The summed E-state index contributed by atoms with van der Waals surface area (Å²) in [5, 5.41) is 9.83. The molecule has 3 rings (SSSR count). The number of hydrogen-bond donors (Lipinski definition) is 1. The summed E-state index contributed by atoms with van der Waals surface area (Å²) in [7, 11) is 0. The fraction of sp³-hybridized carbons (Fsp3) is 0.600. The summed E-state index contributed by atoms with van der Waals surface area (Å²) >= 11 is 0. The number of alkyl halides is 3. The number of nitrogens with zero attached hydrogens (tertiary/aromatic N) is 1. The molecule has 2 aliphatic rings. The van der Waals surface area contributed by atoms with Crippen LogP contribution in [0.3, 0.4) is 0 Å². The molecule has 2 nitrogen and oxygen atoms in total. The van der Waals surface area contributed by atoms with Gasteiger partial charge in [0.2, 0.25) is 0 Å². The van der Waals surface area contributed by atoms with Crippen molar-refractivity contribution in [3.05, 3.63) is 29.3 Å². The van der Waals surface area contributed by atoms with E-state index in [9.17, 15) is 18.3 Å². The van der Waals surface area contributed by atoms with Crippen LogP contribution in [-0.2, 0) is 6.42 Å². The molecule has 1 saturated heterocycles. The molecular formula is C15H18F3NO. The first kappa shape index (κ1) is 13.7. The van der Waals surface area contributed by atoms with E-state index in [0.717, 1.165) is 24.0 Å². The number of halogens is 3. The zero-order chi connectivity index (χ0) is 14.3. The summed E-state index contributed by atoms with van der Waals surface area (Å²) in [6, 6.07) is 5.39. The van der Waals surface area contributed by atoms with Crippen molar-refractivity contribution in [3.63, 3.8) is 0 Å². The molecule has 1 heterocycles. The van der Waals surface area contributed by atoms with Gasteiger partial charge in [-0.25, -0.2) is 0 Å². The number of fused-ring (bicyclic) bond motifs is 1. The Kier molecular flexibility index (Phi) is 3.40. The van der Waals surface area contributed by atoms with E-state index in [1.165, 1.54) is 0 Å². The minimum atomic E-state index is -4.10. The lowest BCUT2D eigenvalue weighted by molar-refractivity contribution is -0.188. The third-order valence-electron chi connectivity index (χ3n) is 4.57. The van der Waals surface area contributed by atoms with Crippen molar-refractivity contribution in [1.82, 2.24) is 4.90 Å². The second-order valence-corrected chi connectivity index (χ2v) is 5.78. The second kappa shape index (κ2) is 4.95. The molecule has 110 valence electrons.